The number of rotatable bonds is 12. The molecule has 4 aromatic carbocycles. The van der Waals surface area contributed by atoms with Gasteiger partial charge in [-0.25, -0.2) is 14.4 Å². The maximum Gasteiger partial charge on any atom is 0.341 e. The fourth-order valence-electron chi connectivity index (χ4n) is 4.14. The number of methoxy groups -OCH3 is 1. The molecule has 0 bridgehead atoms. The highest BCUT2D eigenvalue weighted by molar-refractivity contribution is 5.92. The summed E-state index contributed by atoms with van der Waals surface area (Å²) in [4.78, 5) is 36.5. The Balaban J connectivity index is 1.63. The number of hydrogen-bond acceptors (Lipinski definition) is 8. The van der Waals surface area contributed by atoms with E-state index in [1.807, 2.05) is 60.7 Å². The van der Waals surface area contributed by atoms with Gasteiger partial charge in [0, 0.05) is 18.2 Å². The lowest BCUT2D eigenvalue weighted by atomic mass is 9.96. The smallest absolute Gasteiger partial charge is 0.341 e. The second-order valence-corrected chi connectivity index (χ2v) is 10.1. The zero-order chi connectivity index (χ0) is 32.5. The first-order chi connectivity index (χ1) is 21.6. The maximum absolute atomic E-state index is 12.7. The highest BCUT2D eigenvalue weighted by atomic mass is 16.5. The summed E-state index contributed by atoms with van der Waals surface area (Å²) in [5.41, 5.74) is 5.39. The van der Waals surface area contributed by atoms with Crippen molar-refractivity contribution in [1.82, 2.24) is 0 Å². The average Bonchev–Trinajstić information content (AvgIpc) is 3.05. The highest BCUT2D eigenvalue weighted by Gasteiger charge is 2.16. The van der Waals surface area contributed by atoms with Crippen molar-refractivity contribution in [1.29, 1.82) is 0 Å². The Morgan fingerprint density at radius 1 is 0.600 bits per heavy atom. The minimum atomic E-state index is -0.693. The second kappa shape index (κ2) is 14.7. The lowest BCUT2D eigenvalue weighted by molar-refractivity contribution is -0.131. The molecule has 1 N–H and O–H groups in total. The van der Waals surface area contributed by atoms with Crippen LogP contribution < -0.4 is 14.2 Å². The van der Waals surface area contributed by atoms with Crippen molar-refractivity contribution >= 4 is 17.9 Å². The summed E-state index contributed by atoms with van der Waals surface area (Å²) >= 11 is 0. The van der Waals surface area contributed by atoms with Crippen LogP contribution in [0, 0.1) is 0 Å². The first kappa shape index (κ1) is 32.3. The molecule has 8 heteroatoms. The molecule has 0 atom stereocenters. The molecular weight excluding hydrogens is 572 g/mol. The molecular formula is C37H32O8. The van der Waals surface area contributed by atoms with E-state index in [1.54, 1.807) is 37.3 Å². The van der Waals surface area contributed by atoms with E-state index in [-0.39, 0.29) is 17.8 Å². The van der Waals surface area contributed by atoms with E-state index in [2.05, 4.69) is 19.7 Å². The maximum atomic E-state index is 12.7. The molecule has 0 aliphatic rings. The van der Waals surface area contributed by atoms with Crippen LogP contribution in [0.3, 0.4) is 0 Å². The van der Waals surface area contributed by atoms with Crippen LogP contribution >= 0.6 is 0 Å². The summed E-state index contributed by atoms with van der Waals surface area (Å²) in [5, 5.41) is 9.06. The van der Waals surface area contributed by atoms with Gasteiger partial charge in [-0.3, -0.25) is 0 Å². The van der Waals surface area contributed by atoms with Gasteiger partial charge in [-0.15, -0.1) is 0 Å². The molecule has 4 aromatic rings. The van der Waals surface area contributed by atoms with Gasteiger partial charge in [-0.05, 0) is 71.1 Å². The van der Waals surface area contributed by atoms with Crippen LogP contribution in [0.2, 0.25) is 0 Å². The van der Waals surface area contributed by atoms with E-state index in [1.165, 1.54) is 7.11 Å². The Kier molecular flexibility index (Phi) is 10.6. The van der Waals surface area contributed by atoms with Crippen molar-refractivity contribution in [2.45, 2.75) is 6.92 Å². The third-order valence-corrected chi connectivity index (χ3v) is 6.61. The molecule has 0 aromatic heterocycles. The topological polar surface area (TPSA) is 108 Å². The summed E-state index contributed by atoms with van der Waals surface area (Å²) in [6, 6.07) is 27.1. The first-order valence-corrected chi connectivity index (χ1v) is 13.8. The molecule has 0 fully saturated rings. The fraction of sp³-hybridized carbons (Fsp3) is 0.108. The molecule has 0 spiro atoms. The lowest BCUT2D eigenvalue weighted by Crippen LogP contribution is -2.14. The number of carbonyl (C=O) groups is 3. The predicted octanol–water partition coefficient (Wildman–Crippen LogP) is 6.73. The quantitative estimate of drug-likeness (QED) is 0.108. The third-order valence-electron chi connectivity index (χ3n) is 6.61. The molecule has 0 saturated carbocycles. The number of aliphatic hydroxyl groups is 1. The molecule has 0 aliphatic carbocycles. The average molecular weight is 605 g/mol. The number of hydrogen-bond donors (Lipinski definition) is 1. The van der Waals surface area contributed by atoms with Crippen molar-refractivity contribution in [3.8, 4) is 50.6 Å². The minimum Gasteiger partial charge on any atom is -0.423 e. The van der Waals surface area contributed by atoms with Gasteiger partial charge >= 0.3 is 17.9 Å². The summed E-state index contributed by atoms with van der Waals surface area (Å²) in [6.45, 7) is 12.0. The molecule has 0 saturated heterocycles. The molecule has 0 heterocycles. The SMILES string of the molecule is C=C(C)C(=O)Oc1ccc(-c2ccc(OC(=O)C(=C)COC)c(-c3ccc(-c4ccc(OC(=O)C(=C)CO)cc4)cc3)c2)cc1. The van der Waals surface area contributed by atoms with E-state index >= 15 is 0 Å². The Labute approximate surface area is 261 Å². The summed E-state index contributed by atoms with van der Waals surface area (Å²) in [6.07, 6.45) is 0. The Morgan fingerprint density at radius 3 is 1.56 bits per heavy atom. The van der Waals surface area contributed by atoms with E-state index in [0.717, 1.165) is 27.8 Å². The van der Waals surface area contributed by atoms with Crippen molar-refractivity contribution in [2.24, 2.45) is 0 Å². The number of aliphatic hydroxyl groups excluding tert-OH is 1. The zero-order valence-corrected chi connectivity index (χ0v) is 25.0. The summed E-state index contributed by atoms with van der Waals surface area (Å²) < 4.78 is 21.3. The number of esters is 3. The molecule has 228 valence electrons. The molecule has 0 radical (unpaired) electrons. The largest absolute Gasteiger partial charge is 0.423 e. The number of ether oxygens (including phenoxy) is 4. The lowest BCUT2D eigenvalue weighted by Gasteiger charge is -2.14. The van der Waals surface area contributed by atoms with Crippen molar-refractivity contribution < 1.29 is 38.4 Å². The molecule has 0 aliphatic heterocycles. The summed E-state index contributed by atoms with van der Waals surface area (Å²) in [7, 11) is 1.47. The molecule has 8 nitrogen and oxygen atoms in total. The normalized spacial score (nSPS) is 10.5. The van der Waals surface area contributed by atoms with Gasteiger partial charge in [0.25, 0.3) is 0 Å². The van der Waals surface area contributed by atoms with Gasteiger partial charge < -0.3 is 24.1 Å². The Morgan fingerprint density at radius 2 is 1.04 bits per heavy atom. The van der Waals surface area contributed by atoms with Crippen LogP contribution in [-0.2, 0) is 19.1 Å². The summed E-state index contributed by atoms with van der Waals surface area (Å²) in [5.74, 6) is -0.729. The minimum absolute atomic E-state index is 0.0343. The Hall–Kier alpha value is -5.57. The number of carbonyl (C=O) groups excluding carboxylic acids is 3. The third kappa shape index (κ3) is 8.29. The highest BCUT2D eigenvalue weighted by Crippen LogP contribution is 2.36. The standard InChI is InChI=1S/C37H32O8/c1-23(2)35(39)43-31-17-12-28(13-18-31)30-14-19-34(45-37(41)25(4)22-42-5)33(20-30)29-8-6-26(7-9-29)27-10-15-32(16-11-27)44-36(40)24(3)21-38/h6-20,38H,1,3-4,21-22H2,2,5H3. The van der Waals surface area contributed by atoms with Gasteiger partial charge in [0.1, 0.15) is 17.2 Å². The zero-order valence-electron chi connectivity index (χ0n) is 25.0. The van der Waals surface area contributed by atoms with Crippen LogP contribution in [-0.4, -0.2) is 43.3 Å². The van der Waals surface area contributed by atoms with Gasteiger partial charge in [-0.2, -0.15) is 0 Å². The van der Waals surface area contributed by atoms with E-state index in [0.29, 0.717) is 28.4 Å². The number of benzene rings is 4. The first-order valence-electron chi connectivity index (χ1n) is 13.8. The van der Waals surface area contributed by atoms with Crippen molar-refractivity contribution in [3.63, 3.8) is 0 Å². The molecule has 0 unspecified atom stereocenters. The van der Waals surface area contributed by atoms with E-state index in [4.69, 9.17) is 24.1 Å². The van der Waals surface area contributed by atoms with E-state index < -0.39 is 24.5 Å². The monoisotopic (exact) mass is 604 g/mol. The fourth-order valence-corrected chi connectivity index (χ4v) is 4.14. The molecule has 0 amide bonds. The second-order valence-electron chi connectivity index (χ2n) is 10.1. The molecule has 4 rings (SSSR count). The van der Waals surface area contributed by atoms with Gasteiger partial charge in [-0.1, -0.05) is 74.3 Å². The van der Waals surface area contributed by atoms with Gasteiger partial charge in [0.15, 0.2) is 0 Å². The van der Waals surface area contributed by atoms with Gasteiger partial charge in [0.2, 0.25) is 0 Å². The van der Waals surface area contributed by atoms with Crippen LogP contribution in [0.15, 0.2) is 127 Å². The van der Waals surface area contributed by atoms with Crippen LogP contribution in [0.25, 0.3) is 33.4 Å². The van der Waals surface area contributed by atoms with Crippen LogP contribution in [0.1, 0.15) is 6.92 Å². The molecule has 45 heavy (non-hydrogen) atoms. The van der Waals surface area contributed by atoms with Crippen LogP contribution in [0.4, 0.5) is 0 Å². The predicted molar refractivity (Wildman–Crippen MR) is 172 cm³/mol. The van der Waals surface area contributed by atoms with Crippen molar-refractivity contribution in [3.05, 3.63) is 127 Å². The Bertz CT molecular complexity index is 1750. The van der Waals surface area contributed by atoms with Crippen LogP contribution in [0.5, 0.6) is 17.2 Å². The van der Waals surface area contributed by atoms with Crippen molar-refractivity contribution in [2.75, 3.05) is 20.3 Å². The van der Waals surface area contributed by atoms with E-state index in [9.17, 15) is 14.4 Å². The van der Waals surface area contributed by atoms with Gasteiger partial charge in [0.05, 0.1) is 24.4 Å².